The van der Waals surface area contributed by atoms with Gasteiger partial charge in [0.1, 0.15) is 0 Å². The van der Waals surface area contributed by atoms with E-state index in [1.807, 2.05) is 24.3 Å². The number of piperidine rings is 1. The molecule has 0 saturated carbocycles. The third-order valence-corrected chi connectivity index (χ3v) is 3.82. The molecule has 0 aliphatic carbocycles. The van der Waals surface area contributed by atoms with Gasteiger partial charge in [0.25, 0.3) is 0 Å². The predicted octanol–water partition coefficient (Wildman–Crippen LogP) is 2.96. The smallest absolute Gasteiger partial charge is 0.407 e. The zero-order valence-corrected chi connectivity index (χ0v) is 11.0. The normalized spacial score (nSPS) is 18.7. The molecule has 0 aromatic heterocycles. The molecule has 1 amide bonds. The molecular formula is C13H16ClNO3. The zero-order chi connectivity index (χ0) is 13.2. The maximum Gasteiger partial charge on any atom is 0.407 e. The number of carboxylic acid groups (broad SMARTS) is 1. The van der Waals surface area contributed by atoms with Crippen LogP contribution in [0.5, 0.6) is 0 Å². The van der Waals surface area contributed by atoms with E-state index in [-0.39, 0.29) is 0 Å². The Morgan fingerprint density at radius 1 is 1.44 bits per heavy atom. The summed E-state index contributed by atoms with van der Waals surface area (Å²) in [5.74, 6) is 0. The monoisotopic (exact) mass is 269 g/mol. The van der Waals surface area contributed by atoms with E-state index >= 15 is 0 Å². The number of benzene rings is 1. The third kappa shape index (κ3) is 2.44. The lowest BCUT2D eigenvalue weighted by atomic mass is 9.84. The van der Waals surface area contributed by atoms with Gasteiger partial charge in [-0.05, 0) is 30.5 Å². The molecular weight excluding hydrogens is 254 g/mol. The van der Waals surface area contributed by atoms with Crippen LogP contribution in [0.2, 0.25) is 5.02 Å². The maximum atomic E-state index is 10.9. The van der Waals surface area contributed by atoms with Crippen LogP contribution in [0.4, 0.5) is 4.79 Å². The van der Waals surface area contributed by atoms with E-state index < -0.39 is 11.7 Å². The number of halogens is 1. The fourth-order valence-electron chi connectivity index (χ4n) is 2.44. The zero-order valence-electron chi connectivity index (χ0n) is 10.2. The van der Waals surface area contributed by atoms with Crippen LogP contribution in [0.25, 0.3) is 0 Å². The summed E-state index contributed by atoms with van der Waals surface area (Å²) in [6.45, 7) is 0.964. The molecule has 18 heavy (non-hydrogen) atoms. The van der Waals surface area contributed by atoms with Crippen LogP contribution in [-0.2, 0) is 10.3 Å². The van der Waals surface area contributed by atoms with E-state index in [1.54, 1.807) is 7.11 Å². The number of hydrogen-bond donors (Lipinski definition) is 1. The number of carbonyl (C=O) groups is 1. The Labute approximate surface area is 111 Å². The van der Waals surface area contributed by atoms with Gasteiger partial charge in [0.15, 0.2) is 0 Å². The molecule has 1 saturated heterocycles. The minimum absolute atomic E-state index is 0.420. The summed E-state index contributed by atoms with van der Waals surface area (Å²) in [6, 6.07) is 7.58. The number of rotatable bonds is 2. The second kappa shape index (κ2) is 5.16. The molecule has 1 aromatic rings. The molecule has 0 atom stereocenters. The Morgan fingerprint density at radius 2 is 2.11 bits per heavy atom. The molecule has 5 heteroatoms. The number of nitrogens with zero attached hydrogens (tertiary/aromatic N) is 1. The van der Waals surface area contributed by atoms with Crippen LogP contribution >= 0.6 is 11.6 Å². The topological polar surface area (TPSA) is 49.8 Å². The second-order valence-electron chi connectivity index (χ2n) is 4.48. The first-order chi connectivity index (χ1) is 8.57. The van der Waals surface area contributed by atoms with Gasteiger partial charge in [-0.25, -0.2) is 4.79 Å². The average molecular weight is 270 g/mol. The first kappa shape index (κ1) is 13.2. The molecule has 1 heterocycles. The standard InChI is InChI=1S/C13H16ClNO3/c1-18-13(10-3-2-4-11(14)9-10)5-7-15(8-6-13)12(16)17/h2-4,9H,5-8H2,1H3,(H,16,17). The molecule has 0 unspecified atom stereocenters. The summed E-state index contributed by atoms with van der Waals surface area (Å²) >= 11 is 6.00. The van der Waals surface area contributed by atoms with Crippen LogP contribution in [0, 0.1) is 0 Å². The highest BCUT2D eigenvalue weighted by Crippen LogP contribution is 2.37. The quantitative estimate of drug-likeness (QED) is 0.898. The van der Waals surface area contributed by atoms with Crippen molar-refractivity contribution in [2.24, 2.45) is 0 Å². The molecule has 4 nitrogen and oxygen atoms in total. The number of hydrogen-bond acceptors (Lipinski definition) is 2. The molecule has 1 N–H and O–H groups in total. The SMILES string of the molecule is COC1(c2cccc(Cl)c2)CCN(C(=O)O)CC1. The molecule has 98 valence electrons. The highest BCUT2D eigenvalue weighted by atomic mass is 35.5. The van der Waals surface area contributed by atoms with Gasteiger partial charge in [0.2, 0.25) is 0 Å². The Morgan fingerprint density at radius 3 is 2.61 bits per heavy atom. The fourth-order valence-corrected chi connectivity index (χ4v) is 2.63. The summed E-state index contributed by atoms with van der Waals surface area (Å²) < 4.78 is 5.67. The van der Waals surface area contributed by atoms with Crippen molar-refractivity contribution in [3.63, 3.8) is 0 Å². The molecule has 1 aromatic carbocycles. The van der Waals surface area contributed by atoms with Crippen LogP contribution in [-0.4, -0.2) is 36.3 Å². The van der Waals surface area contributed by atoms with Crippen molar-refractivity contribution < 1.29 is 14.6 Å². The maximum absolute atomic E-state index is 10.9. The van der Waals surface area contributed by atoms with Gasteiger partial charge in [0.05, 0.1) is 5.60 Å². The van der Waals surface area contributed by atoms with E-state index in [0.717, 1.165) is 5.56 Å². The Hall–Kier alpha value is -1.26. The van der Waals surface area contributed by atoms with Crippen LogP contribution < -0.4 is 0 Å². The highest BCUT2D eigenvalue weighted by Gasteiger charge is 2.37. The Kier molecular flexibility index (Phi) is 3.78. The van der Waals surface area contributed by atoms with Crippen molar-refractivity contribution in [3.8, 4) is 0 Å². The minimum atomic E-state index is -0.870. The lowest BCUT2D eigenvalue weighted by molar-refractivity contribution is -0.0582. The predicted molar refractivity (Wildman–Crippen MR) is 69.0 cm³/mol. The first-order valence-electron chi connectivity index (χ1n) is 5.86. The van der Waals surface area contributed by atoms with Gasteiger partial charge in [0, 0.05) is 25.2 Å². The number of amides is 1. The Balaban J connectivity index is 2.21. The largest absolute Gasteiger partial charge is 0.465 e. The van der Waals surface area contributed by atoms with Gasteiger partial charge < -0.3 is 14.7 Å². The van der Waals surface area contributed by atoms with Gasteiger partial charge in [-0.15, -0.1) is 0 Å². The van der Waals surface area contributed by atoms with Gasteiger partial charge in [-0.3, -0.25) is 0 Å². The van der Waals surface area contributed by atoms with Gasteiger partial charge in [-0.1, -0.05) is 23.7 Å². The summed E-state index contributed by atoms with van der Waals surface area (Å²) in [6.07, 6.45) is 0.428. The van der Waals surface area contributed by atoms with E-state index in [9.17, 15) is 4.79 Å². The van der Waals surface area contributed by atoms with E-state index in [1.165, 1.54) is 4.90 Å². The minimum Gasteiger partial charge on any atom is -0.465 e. The lowest BCUT2D eigenvalue weighted by Crippen LogP contribution is -2.45. The molecule has 2 rings (SSSR count). The summed E-state index contributed by atoms with van der Waals surface area (Å²) in [4.78, 5) is 12.3. The van der Waals surface area contributed by atoms with Crippen molar-refractivity contribution in [1.82, 2.24) is 4.90 Å². The van der Waals surface area contributed by atoms with E-state index in [4.69, 9.17) is 21.4 Å². The van der Waals surface area contributed by atoms with Crippen molar-refractivity contribution in [1.29, 1.82) is 0 Å². The van der Waals surface area contributed by atoms with Crippen molar-refractivity contribution in [2.75, 3.05) is 20.2 Å². The van der Waals surface area contributed by atoms with Crippen molar-refractivity contribution in [2.45, 2.75) is 18.4 Å². The molecule has 1 fully saturated rings. The van der Waals surface area contributed by atoms with Crippen LogP contribution in [0.15, 0.2) is 24.3 Å². The highest BCUT2D eigenvalue weighted by molar-refractivity contribution is 6.30. The Bertz CT molecular complexity index is 442. The molecule has 0 spiro atoms. The molecule has 0 bridgehead atoms. The van der Waals surface area contributed by atoms with Crippen molar-refractivity contribution >= 4 is 17.7 Å². The molecule has 0 radical (unpaired) electrons. The summed E-state index contributed by atoms with van der Waals surface area (Å²) in [5.41, 5.74) is 0.596. The number of ether oxygens (including phenoxy) is 1. The van der Waals surface area contributed by atoms with E-state index in [0.29, 0.717) is 31.0 Å². The number of methoxy groups -OCH3 is 1. The fraction of sp³-hybridized carbons (Fsp3) is 0.462. The number of likely N-dealkylation sites (tertiary alicyclic amines) is 1. The lowest BCUT2D eigenvalue weighted by Gasteiger charge is -2.40. The average Bonchev–Trinajstić information content (AvgIpc) is 2.38. The first-order valence-corrected chi connectivity index (χ1v) is 6.24. The molecule has 1 aliphatic heterocycles. The molecule has 1 aliphatic rings. The van der Waals surface area contributed by atoms with Crippen LogP contribution in [0.1, 0.15) is 18.4 Å². The van der Waals surface area contributed by atoms with Crippen molar-refractivity contribution in [3.05, 3.63) is 34.9 Å². The van der Waals surface area contributed by atoms with Gasteiger partial charge in [-0.2, -0.15) is 0 Å². The summed E-state index contributed by atoms with van der Waals surface area (Å²) in [7, 11) is 1.66. The second-order valence-corrected chi connectivity index (χ2v) is 4.91. The van der Waals surface area contributed by atoms with Crippen LogP contribution in [0.3, 0.4) is 0 Å². The third-order valence-electron chi connectivity index (χ3n) is 3.58. The van der Waals surface area contributed by atoms with E-state index in [2.05, 4.69) is 0 Å². The van der Waals surface area contributed by atoms with Gasteiger partial charge >= 0.3 is 6.09 Å². The summed E-state index contributed by atoms with van der Waals surface area (Å²) in [5, 5.41) is 9.63.